The molecule has 0 bridgehead atoms. The number of hydrogen-bond donors (Lipinski definition) is 12. The van der Waals surface area contributed by atoms with Gasteiger partial charge in [0, 0.05) is 56.0 Å². The van der Waals surface area contributed by atoms with Gasteiger partial charge in [-0.2, -0.15) is 50.5 Å². The molecule has 0 saturated heterocycles. The van der Waals surface area contributed by atoms with Crippen LogP contribution in [0.3, 0.4) is 0 Å². The Morgan fingerprint density at radius 2 is 0.633 bits per heavy atom. The summed E-state index contributed by atoms with van der Waals surface area (Å²) in [6.07, 6.45) is 1.91. The van der Waals surface area contributed by atoms with Crippen LogP contribution >= 0.6 is 0 Å². The summed E-state index contributed by atoms with van der Waals surface area (Å²) in [7, 11) is -31.9. The molecule has 0 atom stereocenters. The summed E-state index contributed by atoms with van der Waals surface area (Å²) >= 11 is 0. The summed E-state index contributed by atoms with van der Waals surface area (Å²) in [6, 6.07) is 23.6. The van der Waals surface area contributed by atoms with Crippen molar-refractivity contribution in [3.8, 4) is 0 Å². The topological polar surface area (TPSA) is 522 Å². The molecule has 0 amide bonds. The van der Waals surface area contributed by atoms with Crippen molar-refractivity contribution in [1.29, 1.82) is 0 Å². The van der Waals surface area contributed by atoms with E-state index in [0.717, 1.165) is 24.3 Å². The fourth-order valence-electron chi connectivity index (χ4n) is 8.46. The molecule has 0 fully saturated rings. The second kappa shape index (κ2) is 24.7. The van der Waals surface area contributed by atoms with Crippen LogP contribution in [0.15, 0.2) is 205 Å². The molecular formula is C54H42N6O24S6. The predicted molar refractivity (Wildman–Crippen MR) is 326 cm³/mol. The highest BCUT2D eigenvalue weighted by Gasteiger charge is 2.29. The Morgan fingerprint density at radius 1 is 0.322 bits per heavy atom. The summed E-state index contributed by atoms with van der Waals surface area (Å²) in [6.45, 7) is 3.13. The number of aliphatic hydroxyl groups is 6. The van der Waals surface area contributed by atoms with Gasteiger partial charge in [-0.3, -0.25) is 27.3 Å². The molecule has 36 heteroatoms. The lowest BCUT2D eigenvalue weighted by atomic mass is 10.1. The van der Waals surface area contributed by atoms with Gasteiger partial charge >= 0.3 is 0 Å². The van der Waals surface area contributed by atoms with Gasteiger partial charge < -0.3 is 30.6 Å². The minimum Gasteiger partial charge on any atom is -0.493 e. The maximum absolute atomic E-state index is 12.5. The Labute approximate surface area is 509 Å². The molecule has 0 aromatic heterocycles. The molecule has 0 aliphatic heterocycles. The van der Waals surface area contributed by atoms with E-state index in [4.69, 9.17) is 0 Å². The highest BCUT2D eigenvalue weighted by atomic mass is 32.2. The van der Waals surface area contributed by atoms with Gasteiger partial charge in [-0.05, 0) is 134 Å². The fraction of sp³-hybridized carbons (Fsp3) is 0.0370. The van der Waals surface area contributed by atoms with Crippen molar-refractivity contribution in [3.63, 3.8) is 0 Å². The van der Waals surface area contributed by atoms with E-state index in [1.165, 1.54) is 84.9 Å². The van der Waals surface area contributed by atoms with Crippen molar-refractivity contribution in [3.05, 3.63) is 179 Å². The maximum atomic E-state index is 12.5. The second-order valence-corrected chi connectivity index (χ2v) is 27.2. The zero-order chi connectivity index (χ0) is 66.4. The van der Waals surface area contributed by atoms with Crippen LogP contribution in [0.1, 0.15) is 33.4 Å². The Hall–Kier alpha value is -9.70. The van der Waals surface area contributed by atoms with Crippen LogP contribution in [-0.4, -0.2) is 144 Å². The molecule has 90 heavy (non-hydrogen) atoms. The number of hydrogen-bond acceptors (Lipinski definition) is 18. The number of aliphatic imine (C=N–C) groups is 6. The highest BCUT2D eigenvalue weighted by molar-refractivity contribution is 7.88. The minimum atomic E-state index is -5.44. The first-order valence-corrected chi connectivity index (χ1v) is 33.1. The highest BCUT2D eigenvalue weighted by Crippen LogP contribution is 2.41. The van der Waals surface area contributed by atoms with E-state index in [-0.39, 0.29) is 45.0 Å². The lowest BCUT2D eigenvalue weighted by molar-refractivity contribution is 0.477. The van der Waals surface area contributed by atoms with Crippen molar-refractivity contribution in [2.24, 2.45) is 30.0 Å². The van der Waals surface area contributed by atoms with E-state index >= 15 is 0 Å². The number of benzene rings is 8. The lowest BCUT2D eigenvalue weighted by Gasteiger charge is -2.13. The van der Waals surface area contributed by atoms with E-state index < -0.39 is 158 Å². The van der Waals surface area contributed by atoms with Crippen molar-refractivity contribution in [1.82, 2.24) is 0 Å². The molecular weight excluding hydrogens is 1310 g/mol. The third-order valence-electron chi connectivity index (χ3n) is 12.6. The van der Waals surface area contributed by atoms with Crippen LogP contribution in [0.2, 0.25) is 0 Å². The van der Waals surface area contributed by atoms with E-state index in [2.05, 4.69) is 30.0 Å². The first kappa shape index (κ1) is 66.3. The molecule has 12 N–H and O–H groups in total. The van der Waals surface area contributed by atoms with Gasteiger partial charge in [0.2, 0.25) is 35.4 Å². The number of rotatable bonds is 18. The molecule has 0 aliphatic rings. The van der Waals surface area contributed by atoms with Gasteiger partial charge in [-0.1, -0.05) is 24.3 Å². The summed E-state index contributed by atoms with van der Waals surface area (Å²) in [5.74, 6) is -4.40. The fourth-order valence-corrected chi connectivity index (χ4v) is 12.5. The number of aliphatic hydroxyl groups excluding tert-OH is 6. The van der Waals surface area contributed by atoms with E-state index in [0.29, 0.717) is 47.5 Å². The third-order valence-corrected chi connectivity index (χ3v) is 17.8. The first-order chi connectivity index (χ1) is 41.7. The Bertz CT molecular complexity index is 5010. The van der Waals surface area contributed by atoms with Gasteiger partial charge in [0.25, 0.3) is 60.7 Å². The third kappa shape index (κ3) is 15.2. The Kier molecular flexibility index (Phi) is 18.2. The second-order valence-electron chi connectivity index (χ2n) is 18.8. The lowest BCUT2D eigenvalue weighted by Crippen LogP contribution is -2.07. The van der Waals surface area contributed by atoms with Gasteiger partial charge in [-0.15, -0.1) is 0 Å². The zero-order valence-electron chi connectivity index (χ0n) is 45.3. The Balaban J connectivity index is 1.01. The molecule has 8 rings (SSSR count). The summed E-state index contributed by atoms with van der Waals surface area (Å²) in [5.41, 5.74) is -0.434. The van der Waals surface area contributed by atoms with Crippen molar-refractivity contribution in [2.45, 2.75) is 43.2 Å². The molecule has 30 nitrogen and oxygen atoms in total. The summed E-state index contributed by atoms with van der Waals surface area (Å²) in [4.78, 5) is 17.4. The van der Waals surface area contributed by atoms with Crippen LogP contribution in [0.5, 0.6) is 0 Å². The molecule has 0 radical (unpaired) electrons. The predicted octanol–water partition coefficient (Wildman–Crippen LogP) is 9.07. The minimum absolute atomic E-state index is 0.0145. The van der Waals surface area contributed by atoms with Crippen LogP contribution in [0.25, 0.3) is 21.5 Å². The van der Waals surface area contributed by atoms with E-state index in [9.17, 15) is 108 Å². The monoisotopic (exact) mass is 1350 g/mol. The normalized spacial score (nSPS) is 14.0. The smallest absolute Gasteiger partial charge is 0.295 e. The van der Waals surface area contributed by atoms with Gasteiger partial charge in [0.15, 0.2) is 0 Å². The molecule has 0 aliphatic carbocycles. The van der Waals surface area contributed by atoms with Crippen molar-refractivity contribution < 1.29 is 108 Å². The van der Waals surface area contributed by atoms with E-state index in [1.807, 2.05) is 0 Å². The molecule has 0 saturated carbocycles. The molecule has 468 valence electrons. The largest absolute Gasteiger partial charge is 0.493 e. The van der Waals surface area contributed by atoms with Crippen molar-refractivity contribution in [2.75, 3.05) is 0 Å². The van der Waals surface area contributed by atoms with Gasteiger partial charge in [0.05, 0.1) is 43.9 Å². The summed E-state index contributed by atoms with van der Waals surface area (Å²) in [5, 5.41) is 62.7. The molecule has 8 aromatic carbocycles. The number of aryl methyl sites for hydroxylation is 2. The van der Waals surface area contributed by atoms with Crippen molar-refractivity contribution >= 4 is 152 Å². The quantitative estimate of drug-likeness (QED) is 0.0216. The summed E-state index contributed by atoms with van der Waals surface area (Å²) < 4.78 is 206. The SMILES string of the molecule is Cc1ccc(C(O)=Nc2ccc(S(=O)(=O)O)c3cc(S(=O)(=O)O)cc(S(=O)(=O)O)c23)cc1N=C(O)c1cccc(N=C(O)/C=C/C(O)=Nc2cccc(C(O)=Nc3cc(C(O)=Nc4ccc(S(=O)(=O)O)c5cc(S(=O)(=O)O)cc(S(=O)(=O)O)c45)ccc3C)c2)c1. The van der Waals surface area contributed by atoms with Crippen LogP contribution < -0.4 is 0 Å². The maximum Gasteiger partial charge on any atom is 0.295 e. The first-order valence-electron chi connectivity index (χ1n) is 24.5. The molecule has 0 spiro atoms. The zero-order valence-corrected chi connectivity index (χ0v) is 50.2. The Morgan fingerprint density at radius 3 is 0.944 bits per heavy atom. The average molecular weight is 1350 g/mol. The van der Waals surface area contributed by atoms with Crippen LogP contribution in [0, 0.1) is 13.8 Å². The molecule has 0 heterocycles. The molecule has 0 unspecified atom stereocenters. The molecule has 8 aromatic rings. The van der Waals surface area contributed by atoms with Gasteiger partial charge in [0.1, 0.15) is 19.6 Å². The number of fused-ring (bicyclic) bond motifs is 2. The number of nitrogens with zero attached hydrogens (tertiary/aromatic N) is 6. The average Bonchev–Trinajstić information content (AvgIpc) is 0.750. The van der Waals surface area contributed by atoms with Gasteiger partial charge in [-0.25, -0.2) is 30.0 Å². The van der Waals surface area contributed by atoms with Crippen LogP contribution in [-0.2, 0) is 60.7 Å². The van der Waals surface area contributed by atoms with Crippen LogP contribution in [0.4, 0.5) is 34.1 Å². The van der Waals surface area contributed by atoms with E-state index in [1.54, 1.807) is 13.8 Å². The standard InChI is InChI=1S/C54H42N6O24S6/c1-27-9-11-31(53(65)57-39-13-15-43(87(73,74)75)37-23-35(85(67,68)69)25-45(49(37)39)89(79,80)81)21-41(27)59-51(63)29-5-3-7-33(19-29)55-47(61)17-18-48(62)56-34-8-4-6-30(20-34)52(64)60-42-22-32(12-10-28(42)2)54(66)58-40-14-16-44(88(76,77)78)38-24-36(86(70,71)72)26-46(50(38)40)90(82,83)84/h3-26H,1-2H3,(H,55,61)(H,56,62)(H,57,65)(H,58,66)(H,59,63)(H,60,64)(H,67,68,69)(H,70,71,72)(H,73,74,75)(H,76,77,78)(H,79,80,81)(H,82,83,84)/b18-17+.